The second kappa shape index (κ2) is 7.85. The van der Waals surface area contributed by atoms with Gasteiger partial charge in [0.15, 0.2) is 0 Å². The van der Waals surface area contributed by atoms with Crippen LogP contribution in [0.3, 0.4) is 0 Å². The van der Waals surface area contributed by atoms with Crippen molar-refractivity contribution >= 4 is 5.91 Å². The maximum Gasteiger partial charge on any atom is 0.234 e. The van der Waals surface area contributed by atoms with Crippen molar-refractivity contribution in [2.75, 3.05) is 13.1 Å². The average molecular weight is 234 g/mol. The van der Waals surface area contributed by atoms with Crippen LogP contribution in [0.4, 0.5) is 0 Å². The summed E-state index contributed by atoms with van der Waals surface area (Å²) in [5.74, 6) is 0.0532. The third-order valence-electron chi connectivity index (χ3n) is 2.67. The van der Waals surface area contributed by atoms with E-state index >= 15 is 0 Å². The van der Waals surface area contributed by atoms with Crippen LogP contribution in [0.1, 0.15) is 38.3 Å². The van der Waals surface area contributed by atoms with Gasteiger partial charge in [-0.25, -0.2) is 0 Å². The second-order valence-electron chi connectivity index (χ2n) is 4.23. The van der Waals surface area contributed by atoms with Crippen molar-refractivity contribution in [1.82, 2.24) is 10.6 Å². The Balaban J connectivity index is 2.26. The minimum Gasteiger partial charge on any atom is -0.348 e. The lowest BCUT2D eigenvalue weighted by Gasteiger charge is -2.14. The standard InChI is InChI=1S/C14H22N2O/c1-3-4-10-15-11-14(17)16-12(2)13-8-6-5-7-9-13/h5-9,12,15H,3-4,10-11H2,1-2H3,(H,16,17). The van der Waals surface area contributed by atoms with Crippen molar-refractivity contribution in [3.8, 4) is 0 Å². The largest absolute Gasteiger partial charge is 0.348 e. The van der Waals surface area contributed by atoms with Gasteiger partial charge in [-0.15, -0.1) is 0 Å². The lowest BCUT2D eigenvalue weighted by Crippen LogP contribution is -2.35. The molecule has 0 radical (unpaired) electrons. The molecule has 17 heavy (non-hydrogen) atoms. The van der Waals surface area contributed by atoms with E-state index in [4.69, 9.17) is 0 Å². The highest BCUT2D eigenvalue weighted by Gasteiger charge is 2.07. The maximum atomic E-state index is 11.6. The number of hydrogen-bond donors (Lipinski definition) is 2. The number of unbranched alkanes of at least 4 members (excludes halogenated alkanes) is 1. The molecule has 0 bridgehead atoms. The fourth-order valence-corrected chi connectivity index (χ4v) is 1.62. The van der Waals surface area contributed by atoms with Crippen LogP contribution in [0.2, 0.25) is 0 Å². The van der Waals surface area contributed by atoms with Gasteiger partial charge >= 0.3 is 0 Å². The lowest BCUT2D eigenvalue weighted by atomic mass is 10.1. The van der Waals surface area contributed by atoms with Crippen LogP contribution >= 0.6 is 0 Å². The van der Waals surface area contributed by atoms with Gasteiger partial charge in [0.1, 0.15) is 0 Å². The van der Waals surface area contributed by atoms with Crippen molar-refractivity contribution in [1.29, 1.82) is 0 Å². The summed E-state index contributed by atoms with van der Waals surface area (Å²) in [4.78, 5) is 11.6. The van der Waals surface area contributed by atoms with Gasteiger partial charge in [-0.05, 0) is 25.5 Å². The van der Waals surface area contributed by atoms with Gasteiger partial charge in [-0.3, -0.25) is 4.79 Å². The Bertz CT molecular complexity index is 324. The summed E-state index contributed by atoms with van der Waals surface area (Å²) in [6.07, 6.45) is 2.26. The molecule has 0 heterocycles. The number of rotatable bonds is 7. The molecule has 0 saturated heterocycles. The Morgan fingerprint density at radius 3 is 2.65 bits per heavy atom. The van der Waals surface area contributed by atoms with Crippen molar-refractivity contribution in [2.24, 2.45) is 0 Å². The van der Waals surface area contributed by atoms with Crippen LogP contribution in [0, 0.1) is 0 Å². The third-order valence-corrected chi connectivity index (χ3v) is 2.67. The van der Waals surface area contributed by atoms with Crippen molar-refractivity contribution < 1.29 is 4.79 Å². The molecule has 0 aromatic heterocycles. The van der Waals surface area contributed by atoms with Gasteiger partial charge < -0.3 is 10.6 Å². The van der Waals surface area contributed by atoms with Crippen molar-refractivity contribution in [2.45, 2.75) is 32.7 Å². The molecule has 0 aliphatic heterocycles. The molecule has 3 heteroatoms. The Hall–Kier alpha value is -1.35. The van der Waals surface area contributed by atoms with E-state index in [-0.39, 0.29) is 11.9 Å². The molecular weight excluding hydrogens is 212 g/mol. The zero-order chi connectivity index (χ0) is 12.5. The number of carbonyl (C=O) groups excluding carboxylic acids is 1. The number of carbonyl (C=O) groups is 1. The van der Waals surface area contributed by atoms with Crippen LogP contribution in [0.15, 0.2) is 30.3 Å². The molecule has 1 rings (SSSR count). The topological polar surface area (TPSA) is 41.1 Å². The fraction of sp³-hybridized carbons (Fsp3) is 0.500. The fourth-order valence-electron chi connectivity index (χ4n) is 1.62. The molecule has 1 aromatic rings. The summed E-state index contributed by atoms with van der Waals surface area (Å²) in [7, 11) is 0. The van der Waals surface area contributed by atoms with E-state index in [2.05, 4.69) is 17.6 Å². The minimum absolute atomic E-state index is 0.0532. The second-order valence-corrected chi connectivity index (χ2v) is 4.23. The molecule has 3 nitrogen and oxygen atoms in total. The van der Waals surface area contributed by atoms with E-state index in [1.54, 1.807) is 0 Å². The van der Waals surface area contributed by atoms with Crippen molar-refractivity contribution in [3.05, 3.63) is 35.9 Å². The molecule has 0 spiro atoms. The quantitative estimate of drug-likeness (QED) is 0.710. The highest BCUT2D eigenvalue weighted by atomic mass is 16.1. The van der Waals surface area contributed by atoms with E-state index in [0.717, 1.165) is 24.9 Å². The molecule has 1 aromatic carbocycles. The van der Waals surface area contributed by atoms with Gasteiger partial charge in [0.2, 0.25) is 5.91 Å². The number of amides is 1. The first-order chi connectivity index (χ1) is 8.24. The maximum absolute atomic E-state index is 11.6. The van der Waals surface area contributed by atoms with Crippen LogP contribution in [0.25, 0.3) is 0 Å². The van der Waals surface area contributed by atoms with E-state index in [9.17, 15) is 4.79 Å². The molecule has 1 amide bonds. The Morgan fingerprint density at radius 1 is 1.29 bits per heavy atom. The zero-order valence-corrected chi connectivity index (χ0v) is 10.7. The van der Waals surface area contributed by atoms with Gasteiger partial charge in [0.25, 0.3) is 0 Å². The van der Waals surface area contributed by atoms with Gasteiger partial charge in [0, 0.05) is 0 Å². The summed E-state index contributed by atoms with van der Waals surface area (Å²) in [5, 5.41) is 6.10. The lowest BCUT2D eigenvalue weighted by molar-refractivity contribution is -0.120. The Kier molecular flexibility index (Phi) is 6.33. The minimum atomic E-state index is 0.0532. The third kappa shape index (κ3) is 5.50. The monoisotopic (exact) mass is 234 g/mol. The molecule has 2 N–H and O–H groups in total. The molecule has 1 atom stereocenters. The molecule has 1 unspecified atom stereocenters. The SMILES string of the molecule is CCCCNCC(=O)NC(C)c1ccccc1. The summed E-state index contributed by atoms with van der Waals surface area (Å²) in [6.45, 7) is 5.44. The van der Waals surface area contributed by atoms with E-state index in [1.165, 1.54) is 0 Å². The van der Waals surface area contributed by atoms with Crippen LogP contribution in [-0.4, -0.2) is 19.0 Å². The van der Waals surface area contributed by atoms with E-state index in [0.29, 0.717) is 6.54 Å². The summed E-state index contributed by atoms with van der Waals surface area (Å²) in [6, 6.07) is 10.1. The normalized spacial score (nSPS) is 12.1. The van der Waals surface area contributed by atoms with Crippen molar-refractivity contribution in [3.63, 3.8) is 0 Å². The van der Waals surface area contributed by atoms with Crippen LogP contribution in [-0.2, 0) is 4.79 Å². The predicted molar refractivity (Wildman–Crippen MR) is 70.8 cm³/mol. The van der Waals surface area contributed by atoms with Crippen LogP contribution < -0.4 is 10.6 Å². The molecule has 0 saturated carbocycles. The zero-order valence-electron chi connectivity index (χ0n) is 10.7. The van der Waals surface area contributed by atoms with Gasteiger partial charge in [-0.1, -0.05) is 43.7 Å². The first-order valence-corrected chi connectivity index (χ1v) is 6.29. The first kappa shape index (κ1) is 13.7. The van der Waals surface area contributed by atoms with Crippen LogP contribution in [0.5, 0.6) is 0 Å². The molecular formula is C14H22N2O. The number of hydrogen-bond acceptors (Lipinski definition) is 2. The summed E-state index contributed by atoms with van der Waals surface area (Å²) >= 11 is 0. The van der Waals surface area contributed by atoms with E-state index in [1.807, 2.05) is 37.3 Å². The smallest absolute Gasteiger partial charge is 0.234 e. The Labute approximate surface area is 104 Å². The summed E-state index contributed by atoms with van der Waals surface area (Å²) in [5.41, 5.74) is 1.13. The average Bonchev–Trinajstić information content (AvgIpc) is 2.36. The van der Waals surface area contributed by atoms with E-state index < -0.39 is 0 Å². The molecule has 94 valence electrons. The Morgan fingerprint density at radius 2 is 2.00 bits per heavy atom. The van der Waals surface area contributed by atoms with Gasteiger partial charge in [0.05, 0.1) is 12.6 Å². The highest BCUT2D eigenvalue weighted by Crippen LogP contribution is 2.10. The molecule has 0 fully saturated rings. The molecule has 0 aliphatic rings. The molecule has 0 aliphatic carbocycles. The summed E-state index contributed by atoms with van der Waals surface area (Å²) < 4.78 is 0. The number of nitrogens with one attached hydrogen (secondary N) is 2. The number of benzene rings is 1. The highest BCUT2D eigenvalue weighted by molar-refractivity contribution is 5.78. The predicted octanol–water partition coefficient (Wildman–Crippen LogP) is 2.25. The first-order valence-electron chi connectivity index (χ1n) is 6.29. The van der Waals surface area contributed by atoms with Gasteiger partial charge in [-0.2, -0.15) is 0 Å².